The molecule has 1 unspecified atom stereocenters. The molecule has 2 aromatic rings. The highest BCUT2D eigenvalue weighted by molar-refractivity contribution is 5.95. The molecular weight excluding hydrogens is 192 g/mol. The van der Waals surface area contributed by atoms with Crippen LogP contribution in [0.25, 0.3) is 16.8 Å². The molecule has 0 heteroatoms. The zero-order chi connectivity index (χ0) is 11.1. The molecule has 16 heavy (non-hydrogen) atoms. The lowest BCUT2D eigenvalue weighted by Gasteiger charge is -2.24. The van der Waals surface area contributed by atoms with Gasteiger partial charge >= 0.3 is 0 Å². The molecule has 3 rings (SSSR count). The van der Waals surface area contributed by atoms with Gasteiger partial charge in [0.2, 0.25) is 0 Å². The molecule has 2 aromatic carbocycles. The van der Waals surface area contributed by atoms with Gasteiger partial charge in [0.1, 0.15) is 0 Å². The van der Waals surface area contributed by atoms with E-state index in [1.54, 1.807) is 0 Å². The van der Waals surface area contributed by atoms with Crippen molar-refractivity contribution in [2.45, 2.75) is 19.8 Å². The average molecular weight is 208 g/mol. The minimum atomic E-state index is 0.568. The van der Waals surface area contributed by atoms with E-state index in [0.717, 1.165) is 0 Å². The molecule has 0 N–H and O–H groups in total. The van der Waals surface area contributed by atoms with Crippen LogP contribution < -0.4 is 0 Å². The Morgan fingerprint density at radius 2 is 1.75 bits per heavy atom. The number of benzene rings is 2. The lowest BCUT2D eigenvalue weighted by atomic mass is 9.80. The monoisotopic (exact) mass is 208 g/mol. The van der Waals surface area contributed by atoms with E-state index in [1.165, 1.54) is 21.9 Å². The van der Waals surface area contributed by atoms with Gasteiger partial charge in [0.15, 0.2) is 0 Å². The van der Waals surface area contributed by atoms with E-state index in [2.05, 4.69) is 62.4 Å². The predicted octanol–water partition coefficient (Wildman–Crippen LogP) is 4.61. The summed E-state index contributed by atoms with van der Waals surface area (Å²) in [4.78, 5) is 0. The topological polar surface area (TPSA) is 0 Å². The fraction of sp³-hybridized carbons (Fsp3) is 0.250. The maximum Gasteiger partial charge on any atom is 0.00507 e. The van der Waals surface area contributed by atoms with Crippen molar-refractivity contribution in [1.82, 2.24) is 0 Å². The second-order valence-corrected chi connectivity index (χ2v) is 4.92. The number of rotatable bonds is 1. The van der Waals surface area contributed by atoms with Crippen LogP contribution >= 0.6 is 0 Å². The summed E-state index contributed by atoms with van der Waals surface area (Å²) in [6.07, 6.45) is 4.63. The molecule has 0 fully saturated rings. The first-order valence-corrected chi connectivity index (χ1v) is 5.97. The van der Waals surface area contributed by atoms with E-state index in [4.69, 9.17) is 0 Å². The van der Waals surface area contributed by atoms with Crippen LogP contribution in [-0.2, 0) is 0 Å². The largest absolute Gasteiger partial charge is 0.0761 e. The van der Waals surface area contributed by atoms with Crippen LogP contribution in [0.1, 0.15) is 30.9 Å². The second-order valence-electron chi connectivity index (χ2n) is 4.92. The summed E-state index contributed by atoms with van der Waals surface area (Å²) in [7, 11) is 0. The zero-order valence-corrected chi connectivity index (χ0v) is 9.77. The van der Waals surface area contributed by atoms with Gasteiger partial charge in [-0.25, -0.2) is 0 Å². The first-order valence-electron chi connectivity index (χ1n) is 5.97. The van der Waals surface area contributed by atoms with Crippen molar-refractivity contribution in [2.24, 2.45) is 5.92 Å². The van der Waals surface area contributed by atoms with E-state index >= 15 is 0 Å². The molecule has 0 heterocycles. The van der Waals surface area contributed by atoms with Gasteiger partial charge in [-0.1, -0.05) is 62.4 Å². The molecule has 0 spiro atoms. The maximum atomic E-state index is 2.35. The summed E-state index contributed by atoms with van der Waals surface area (Å²) in [6.45, 7) is 4.59. The van der Waals surface area contributed by atoms with Gasteiger partial charge in [0.05, 0.1) is 0 Å². The van der Waals surface area contributed by atoms with Crippen molar-refractivity contribution in [3.63, 3.8) is 0 Å². The third-order valence-corrected chi connectivity index (χ3v) is 3.53. The second kappa shape index (κ2) is 3.48. The molecule has 0 saturated heterocycles. The third kappa shape index (κ3) is 1.30. The van der Waals surface area contributed by atoms with E-state index < -0.39 is 0 Å². The highest BCUT2D eigenvalue weighted by Crippen LogP contribution is 2.37. The van der Waals surface area contributed by atoms with Gasteiger partial charge in [-0.05, 0) is 27.8 Å². The maximum absolute atomic E-state index is 2.35. The molecule has 1 aliphatic rings. The summed E-state index contributed by atoms with van der Waals surface area (Å²) in [5.74, 6) is 1.23. The quantitative estimate of drug-likeness (QED) is 0.642. The molecule has 1 aliphatic carbocycles. The first-order chi connectivity index (χ1) is 7.77. The van der Waals surface area contributed by atoms with Crippen LogP contribution in [0.4, 0.5) is 0 Å². The predicted molar refractivity (Wildman–Crippen MR) is 70.6 cm³/mol. The number of hydrogen-bond acceptors (Lipinski definition) is 0. The zero-order valence-electron chi connectivity index (χ0n) is 9.77. The molecule has 0 aliphatic heterocycles. The average Bonchev–Trinajstić information content (AvgIpc) is 2.30. The van der Waals surface area contributed by atoms with Gasteiger partial charge in [0, 0.05) is 5.92 Å². The van der Waals surface area contributed by atoms with Crippen molar-refractivity contribution in [3.05, 3.63) is 53.6 Å². The smallest absolute Gasteiger partial charge is 0.00507 e. The summed E-state index contributed by atoms with van der Waals surface area (Å²) in [5.41, 5.74) is 2.86. The van der Waals surface area contributed by atoms with E-state index in [0.29, 0.717) is 11.8 Å². The van der Waals surface area contributed by atoms with Crippen LogP contribution in [-0.4, -0.2) is 0 Å². The lowest BCUT2D eigenvalue weighted by molar-refractivity contribution is 0.581. The Morgan fingerprint density at radius 1 is 1.00 bits per heavy atom. The van der Waals surface area contributed by atoms with Crippen molar-refractivity contribution in [3.8, 4) is 0 Å². The van der Waals surface area contributed by atoms with Gasteiger partial charge in [-0.15, -0.1) is 0 Å². The van der Waals surface area contributed by atoms with Gasteiger partial charge < -0.3 is 0 Å². The van der Waals surface area contributed by atoms with E-state index in [-0.39, 0.29) is 0 Å². The summed E-state index contributed by atoms with van der Waals surface area (Å²) >= 11 is 0. The van der Waals surface area contributed by atoms with Crippen LogP contribution in [0, 0.1) is 5.92 Å². The van der Waals surface area contributed by atoms with Crippen molar-refractivity contribution < 1.29 is 0 Å². The van der Waals surface area contributed by atoms with E-state index in [9.17, 15) is 0 Å². The normalized spacial score (nSPS) is 18.3. The van der Waals surface area contributed by atoms with Crippen LogP contribution in [0.3, 0.4) is 0 Å². The fourth-order valence-corrected chi connectivity index (χ4v) is 2.71. The first kappa shape index (κ1) is 9.65. The molecule has 0 aromatic heterocycles. The van der Waals surface area contributed by atoms with Gasteiger partial charge in [0.25, 0.3) is 0 Å². The van der Waals surface area contributed by atoms with Gasteiger partial charge in [-0.2, -0.15) is 0 Å². The Bertz CT molecular complexity index is 556. The Balaban J connectivity index is 2.36. The number of hydrogen-bond donors (Lipinski definition) is 0. The highest BCUT2D eigenvalue weighted by Gasteiger charge is 2.19. The minimum absolute atomic E-state index is 0.568. The standard InChI is InChI=1S/C16H16/c1-11(2)14-10-9-13-6-3-5-12-7-4-8-15(14)16(12)13/h3-11,14H,1-2H3. The molecule has 0 bridgehead atoms. The molecule has 1 atom stereocenters. The summed E-state index contributed by atoms with van der Waals surface area (Å²) in [6, 6.07) is 13.2. The molecule has 0 nitrogen and oxygen atoms in total. The third-order valence-electron chi connectivity index (χ3n) is 3.53. The van der Waals surface area contributed by atoms with Crippen LogP contribution in [0.5, 0.6) is 0 Å². The SMILES string of the molecule is CC(C)C1C=Cc2cccc3cccc1c23. The van der Waals surface area contributed by atoms with Crippen LogP contribution in [0.2, 0.25) is 0 Å². The Morgan fingerprint density at radius 3 is 2.50 bits per heavy atom. The molecule has 0 amide bonds. The van der Waals surface area contributed by atoms with Crippen molar-refractivity contribution in [1.29, 1.82) is 0 Å². The molecule has 80 valence electrons. The molecule has 0 radical (unpaired) electrons. The Labute approximate surface area is 96.6 Å². The highest BCUT2D eigenvalue weighted by atomic mass is 14.2. The summed E-state index contributed by atoms with van der Waals surface area (Å²) < 4.78 is 0. The van der Waals surface area contributed by atoms with Crippen molar-refractivity contribution in [2.75, 3.05) is 0 Å². The Hall–Kier alpha value is -1.56. The fourth-order valence-electron chi connectivity index (χ4n) is 2.71. The van der Waals surface area contributed by atoms with Crippen LogP contribution in [0.15, 0.2) is 42.5 Å². The summed E-state index contributed by atoms with van der Waals surface area (Å²) in [5, 5.41) is 2.82. The number of allylic oxidation sites excluding steroid dienone is 1. The molecular formula is C16H16. The van der Waals surface area contributed by atoms with Gasteiger partial charge in [-0.3, -0.25) is 0 Å². The molecule has 0 saturated carbocycles. The Kier molecular flexibility index (Phi) is 2.10. The van der Waals surface area contributed by atoms with Crippen molar-refractivity contribution >= 4 is 16.8 Å². The lowest BCUT2D eigenvalue weighted by Crippen LogP contribution is -2.07. The van der Waals surface area contributed by atoms with E-state index in [1.807, 2.05) is 0 Å². The minimum Gasteiger partial charge on any atom is -0.0761 e.